The van der Waals surface area contributed by atoms with E-state index in [-0.39, 0.29) is 6.61 Å². The van der Waals surface area contributed by atoms with Crippen molar-refractivity contribution in [1.29, 1.82) is 0 Å². The van der Waals surface area contributed by atoms with Crippen LogP contribution in [0, 0.1) is 5.92 Å². The zero-order chi connectivity index (χ0) is 18.1. The van der Waals surface area contributed by atoms with Crippen molar-refractivity contribution >= 4 is 22.9 Å². The van der Waals surface area contributed by atoms with Crippen LogP contribution >= 0.6 is 0 Å². The summed E-state index contributed by atoms with van der Waals surface area (Å²) in [5, 5.41) is 13.2. The van der Waals surface area contributed by atoms with E-state index >= 15 is 0 Å². The minimum absolute atomic E-state index is 0.188. The van der Waals surface area contributed by atoms with Crippen LogP contribution in [0.3, 0.4) is 0 Å². The SMILES string of the molecule is CCc1cccc2c3c([nH]c12)C(C(CC)C(=O)O)OCC3NC(N)=O. The fraction of sp³-hybridized carbons (Fsp3) is 0.444. The van der Waals surface area contributed by atoms with E-state index in [0.29, 0.717) is 6.42 Å². The molecule has 1 aliphatic heterocycles. The van der Waals surface area contributed by atoms with Crippen molar-refractivity contribution in [2.24, 2.45) is 11.7 Å². The van der Waals surface area contributed by atoms with E-state index in [1.807, 2.05) is 25.1 Å². The molecule has 2 amide bonds. The molecule has 3 rings (SSSR count). The van der Waals surface area contributed by atoms with Gasteiger partial charge in [-0.2, -0.15) is 0 Å². The zero-order valence-corrected chi connectivity index (χ0v) is 14.3. The molecule has 134 valence electrons. The number of rotatable bonds is 5. The molecule has 0 saturated heterocycles. The number of nitrogens with one attached hydrogen (secondary N) is 2. The first-order valence-electron chi connectivity index (χ1n) is 8.51. The third kappa shape index (κ3) is 2.95. The predicted molar refractivity (Wildman–Crippen MR) is 93.2 cm³/mol. The van der Waals surface area contributed by atoms with Gasteiger partial charge in [0, 0.05) is 16.5 Å². The van der Waals surface area contributed by atoms with E-state index in [1.54, 1.807) is 0 Å². The van der Waals surface area contributed by atoms with Gasteiger partial charge in [0.05, 0.1) is 24.3 Å². The van der Waals surface area contributed by atoms with Crippen LogP contribution in [0.15, 0.2) is 18.2 Å². The van der Waals surface area contributed by atoms with E-state index in [9.17, 15) is 14.7 Å². The number of amides is 2. The second-order valence-electron chi connectivity index (χ2n) is 6.31. The molecule has 1 aliphatic rings. The number of nitrogens with two attached hydrogens (primary N) is 1. The molecule has 0 radical (unpaired) electrons. The normalized spacial score (nSPS) is 20.9. The van der Waals surface area contributed by atoms with E-state index in [1.165, 1.54) is 0 Å². The van der Waals surface area contributed by atoms with Gasteiger partial charge < -0.3 is 25.9 Å². The van der Waals surface area contributed by atoms with Crippen LogP contribution in [-0.2, 0) is 16.0 Å². The standard InChI is InChI=1S/C18H23N3O4/c1-3-9-6-5-7-11-13-12(20-18(19)24)8-25-16(10(4-2)17(22)23)15(13)21-14(9)11/h5-7,10,12,16,21H,3-4,8H2,1-2H3,(H,22,23)(H3,19,20,24). The molecule has 0 spiro atoms. The Labute approximate surface area is 145 Å². The van der Waals surface area contributed by atoms with Gasteiger partial charge in [0.25, 0.3) is 0 Å². The molecule has 3 unspecified atom stereocenters. The number of aromatic nitrogens is 1. The van der Waals surface area contributed by atoms with Gasteiger partial charge in [-0.1, -0.05) is 32.0 Å². The van der Waals surface area contributed by atoms with E-state index in [2.05, 4.69) is 17.2 Å². The Morgan fingerprint density at radius 2 is 2.20 bits per heavy atom. The number of aryl methyl sites for hydroxylation is 1. The third-order valence-corrected chi connectivity index (χ3v) is 4.89. The second kappa shape index (κ2) is 6.76. The van der Waals surface area contributed by atoms with Crippen LogP contribution < -0.4 is 11.1 Å². The lowest BCUT2D eigenvalue weighted by Gasteiger charge is -2.32. The van der Waals surface area contributed by atoms with Gasteiger partial charge in [0.2, 0.25) is 0 Å². The van der Waals surface area contributed by atoms with Crippen molar-refractivity contribution < 1.29 is 19.4 Å². The van der Waals surface area contributed by atoms with Crippen molar-refractivity contribution in [3.8, 4) is 0 Å². The second-order valence-corrected chi connectivity index (χ2v) is 6.31. The number of benzene rings is 1. The largest absolute Gasteiger partial charge is 0.481 e. The van der Waals surface area contributed by atoms with Gasteiger partial charge in [-0.05, 0) is 18.4 Å². The van der Waals surface area contributed by atoms with Crippen molar-refractivity contribution in [2.45, 2.75) is 38.8 Å². The Morgan fingerprint density at radius 1 is 1.44 bits per heavy atom. The average molecular weight is 345 g/mol. The Balaban J connectivity index is 2.20. The van der Waals surface area contributed by atoms with Crippen LogP contribution in [-0.4, -0.2) is 28.7 Å². The Bertz CT molecular complexity index is 814. The molecule has 0 fully saturated rings. The number of carboxylic acid groups (broad SMARTS) is 1. The van der Waals surface area contributed by atoms with Crippen LogP contribution in [0.25, 0.3) is 10.9 Å². The van der Waals surface area contributed by atoms with Gasteiger partial charge >= 0.3 is 12.0 Å². The van der Waals surface area contributed by atoms with Crippen molar-refractivity contribution in [2.75, 3.05) is 6.61 Å². The number of carboxylic acids is 1. The predicted octanol–water partition coefficient (Wildman–Crippen LogP) is 2.62. The molecule has 0 bridgehead atoms. The summed E-state index contributed by atoms with van der Waals surface area (Å²) >= 11 is 0. The molecule has 3 atom stereocenters. The molecule has 1 aromatic heterocycles. The number of aliphatic carboxylic acids is 1. The number of carbonyl (C=O) groups is 2. The number of para-hydroxylation sites is 1. The topological polar surface area (TPSA) is 117 Å². The number of ether oxygens (including phenoxy) is 1. The maximum atomic E-state index is 11.7. The minimum Gasteiger partial charge on any atom is -0.481 e. The summed E-state index contributed by atoms with van der Waals surface area (Å²) in [6.07, 6.45) is 0.705. The van der Waals surface area contributed by atoms with Crippen LogP contribution in [0.4, 0.5) is 4.79 Å². The summed E-state index contributed by atoms with van der Waals surface area (Å²) in [5.74, 6) is -1.56. The Kier molecular flexibility index (Phi) is 4.67. The number of urea groups is 1. The molecular formula is C18H23N3O4. The maximum Gasteiger partial charge on any atom is 0.312 e. The van der Waals surface area contributed by atoms with Crippen molar-refractivity contribution in [3.63, 3.8) is 0 Å². The molecule has 7 heteroatoms. The van der Waals surface area contributed by atoms with Gasteiger partial charge in [-0.15, -0.1) is 0 Å². The summed E-state index contributed by atoms with van der Waals surface area (Å²) in [4.78, 5) is 26.4. The zero-order valence-electron chi connectivity index (χ0n) is 14.3. The monoisotopic (exact) mass is 345 g/mol. The number of fused-ring (bicyclic) bond motifs is 3. The summed E-state index contributed by atoms with van der Waals surface area (Å²) in [6.45, 7) is 4.08. The van der Waals surface area contributed by atoms with Gasteiger partial charge in [0.15, 0.2) is 0 Å². The summed E-state index contributed by atoms with van der Waals surface area (Å²) in [5.41, 5.74) is 8.99. The van der Waals surface area contributed by atoms with Crippen molar-refractivity contribution in [1.82, 2.24) is 10.3 Å². The first-order chi connectivity index (χ1) is 12.0. The minimum atomic E-state index is -0.894. The molecule has 7 nitrogen and oxygen atoms in total. The fourth-order valence-electron chi connectivity index (χ4n) is 3.70. The average Bonchev–Trinajstić information content (AvgIpc) is 2.96. The highest BCUT2D eigenvalue weighted by atomic mass is 16.5. The van der Waals surface area contributed by atoms with Gasteiger partial charge in [0.1, 0.15) is 6.10 Å². The molecule has 0 aliphatic carbocycles. The van der Waals surface area contributed by atoms with E-state index < -0.39 is 30.1 Å². The van der Waals surface area contributed by atoms with Crippen LogP contribution in [0.5, 0.6) is 0 Å². The quantitative estimate of drug-likeness (QED) is 0.666. The molecule has 5 N–H and O–H groups in total. The summed E-state index contributed by atoms with van der Waals surface area (Å²) in [7, 11) is 0. The number of carbonyl (C=O) groups excluding carboxylic acids is 1. The first kappa shape index (κ1) is 17.3. The van der Waals surface area contributed by atoms with Crippen LogP contribution in [0.1, 0.15) is 49.2 Å². The highest BCUT2D eigenvalue weighted by Gasteiger charge is 2.39. The Hall–Kier alpha value is -2.54. The number of hydrogen-bond acceptors (Lipinski definition) is 3. The van der Waals surface area contributed by atoms with Gasteiger partial charge in [-0.3, -0.25) is 4.79 Å². The number of hydrogen-bond donors (Lipinski definition) is 4. The fourth-order valence-corrected chi connectivity index (χ4v) is 3.70. The Morgan fingerprint density at radius 3 is 2.80 bits per heavy atom. The highest BCUT2D eigenvalue weighted by molar-refractivity contribution is 5.89. The molecular weight excluding hydrogens is 322 g/mol. The lowest BCUT2D eigenvalue weighted by atomic mass is 9.89. The molecule has 2 heterocycles. The third-order valence-electron chi connectivity index (χ3n) is 4.89. The van der Waals surface area contributed by atoms with E-state index in [4.69, 9.17) is 10.5 Å². The number of primary amides is 1. The summed E-state index contributed by atoms with van der Waals surface area (Å²) < 4.78 is 5.85. The van der Waals surface area contributed by atoms with Gasteiger partial charge in [-0.25, -0.2) is 4.79 Å². The molecule has 0 saturated carbocycles. The smallest absolute Gasteiger partial charge is 0.312 e. The number of H-pyrrole nitrogens is 1. The summed E-state index contributed by atoms with van der Waals surface area (Å²) in [6, 6.07) is 4.94. The molecule has 2 aromatic rings. The lowest BCUT2D eigenvalue weighted by molar-refractivity contribution is -0.149. The highest BCUT2D eigenvalue weighted by Crippen LogP contribution is 2.42. The van der Waals surface area contributed by atoms with Crippen LogP contribution in [0.2, 0.25) is 0 Å². The molecule has 1 aromatic carbocycles. The van der Waals surface area contributed by atoms with Crippen molar-refractivity contribution in [3.05, 3.63) is 35.0 Å². The first-order valence-corrected chi connectivity index (χ1v) is 8.51. The maximum absolute atomic E-state index is 11.7. The molecule has 25 heavy (non-hydrogen) atoms. The van der Waals surface area contributed by atoms with E-state index in [0.717, 1.165) is 34.1 Å². The lowest BCUT2D eigenvalue weighted by Crippen LogP contribution is -2.40. The number of aromatic amines is 1.